The highest BCUT2D eigenvalue weighted by atomic mass is 19.1. The van der Waals surface area contributed by atoms with Gasteiger partial charge in [0.1, 0.15) is 5.82 Å². The largest absolute Gasteiger partial charge is 0.396 e. The summed E-state index contributed by atoms with van der Waals surface area (Å²) in [6.45, 7) is 4.96. The SMILES string of the molecule is CCN(CCCO)c1ccc([C@H](C)O)cc1F. The van der Waals surface area contributed by atoms with Crippen molar-refractivity contribution in [1.82, 2.24) is 0 Å². The minimum absolute atomic E-state index is 0.101. The van der Waals surface area contributed by atoms with Crippen LogP contribution in [-0.2, 0) is 0 Å². The standard InChI is InChI=1S/C13H20FNO2/c1-3-15(7-4-8-16)13-6-5-11(10(2)17)9-12(13)14/h5-6,9-10,16-17H,3-4,7-8H2,1-2H3/t10-/m0/s1. The van der Waals surface area contributed by atoms with Gasteiger partial charge in [0.05, 0.1) is 11.8 Å². The summed E-state index contributed by atoms with van der Waals surface area (Å²) in [5, 5.41) is 18.2. The molecular formula is C13H20FNO2. The molecule has 0 aromatic heterocycles. The van der Waals surface area contributed by atoms with Gasteiger partial charge in [-0.25, -0.2) is 4.39 Å². The van der Waals surface area contributed by atoms with Crippen LogP contribution in [0.5, 0.6) is 0 Å². The molecule has 4 heteroatoms. The molecule has 3 nitrogen and oxygen atoms in total. The van der Waals surface area contributed by atoms with Crippen LogP contribution in [-0.4, -0.2) is 29.9 Å². The number of nitrogens with zero attached hydrogens (tertiary/aromatic N) is 1. The van der Waals surface area contributed by atoms with Crippen LogP contribution in [0.1, 0.15) is 31.9 Å². The lowest BCUT2D eigenvalue weighted by molar-refractivity contribution is 0.199. The molecule has 0 heterocycles. The molecule has 1 aromatic rings. The van der Waals surface area contributed by atoms with Crippen molar-refractivity contribution in [2.24, 2.45) is 0 Å². The quantitative estimate of drug-likeness (QED) is 0.801. The summed E-state index contributed by atoms with van der Waals surface area (Å²) in [4.78, 5) is 1.87. The second-order valence-corrected chi connectivity index (χ2v) is 4.04. The van der Waals surface area contributed by atoms with Crippen molar-refractivity contribution in [3.63, 3.8) is 0 Å². The summed E-state index contributed by atoms with van der Waals surface area (Å²) < 4.78 is 13.9. The van der Waals surface area contributed by atoms with Crippen LogP contribution in [0.2, 0.25) is 0 Å². The number of hydrogen-bond donors (Lipinski definition) is 2. The lowest BCUT2D eigenvalue weighted by Gasteiger charge is -2.23. The van der Waals surface area contributed by atoms with Crippen LogP contribution in [0.3, 0.4) is 0 Å². The predicted octanol–water partition coefficient (Wildman–Crippen LogP) is 2.09. The molecule has 0 unspecified atom stereocenters. The Kier molecular flexibility index (Phi) is 5.38. The van der Waals surface area contributed by atoms with E-state index in [0.29, 0.717) is 30.8 Å². The van der Waals surface area contributed by atoms with E-state index in [2.05, 4.69) is 0 Å². The highest BCUT2D eigenvalue weighted by Crippen LogP contribution is 2.23. The van der Waals surface area contributed by atoms with Gasteiger partial charge in [-0.1, -0.05) is 6.07 Å². The van der Waals surface area contributed by atoms with Crippen molar-refractivity contribution in [2.45, 2.75) is 26.4 Å². The van der Waals surface area contributed by atoms with Crippen molar-refractivity contribution >= 4 is 5.69 Å². The van der Waals surface area contributed by atoms with Crippen LogP contribution in [0.25, 0.3) is 0 Å². The molecule has 0 amide bonds. The van der Waals surface area contributed by atoms with Crippen molar-refractivity contribution in [1.29, 1.82) is 0 Å². The van der Waals surface area contributed by atoms with E-state index < -0.39 is 6.10 Å². The average Bonchev–Trinajstić information content (AvgIpc) is 2.31. The Hall–Kier alpha value is -1.13. The second kappa shape index (κ2) is 6.57. The zero-order valence-corrected chi connectivity index (χ0v) is 10.4. The monoisotopic (exact) mass is 241 g/mol. The molecule has 0 radical (unpaired) electrons. The Morgan fingerprint density at radius 3 is 2.59 bits per heavy atom. The van der Waals surface area contributed by atoms with Gasteiger partial charge >= 0.3 is 0 Å². The van der Waals surface area contributed by atoms with Crippen LogP contribution < -0.4 is 4.90 Å². The van der Waals surface area contributed by atoms with Gasteiger partial charge in [0.15, 0.2) is 0 Å². The molecule has 0 saturated carbocycles. The third-order valence-electron chi connectivity index (χ3n) is 2.76. The van der Waals surface area contributed by atoms with Crippen LogP contribution in [0.15, 0.2) is 18.2 Å². The summed E-state index contributed by atoms with van der Waals surface area (Å²) >= 11 is 0. The summed E-state index contributed by atoms with van der Waals surface area (Å²) in [7, 11) is 0. The Balaban J connectivity index is 2.88. The fourth-order valence-corrected chi connectivity index (χ4v) is 1.75. The van der Waals surface area contributed by atoms with Gasteiger partial charge in [-0.3, -0.25) is 0 Å². The molecule has 96 valence electrons. The summed E-state index contributed by atoms with van der Waals surface area (Å²) in [6.07, 6.45) is -0.0445. The number of anilines is 1. The molecule has 0 aliphatic heterocycles. The van der Waals surface area contributed by atoms with Crippen LogP contribution >= 0.6 is 0 Å². The maximum absolute atomic E-state index is 13.9. The molecule has 0 aliphatic carbocycles. The Morgan fingerprint density at radius 2 is 2.12 bits per heavy atom. The molecule has 2 N–H and O–H groups in total. The molecule has 17 heavy (non-hydrogen) atoms. The molecule has 0 fully saturated rings. The smallest absolute Gasteiger partial charge is 0.146 e. The van der Waals surface area contributed by atoms with Gasteiger partial charge in [0, 0.05) is 19.7 Å². The number of aliphatic hydroxyl groups excluding tert-OH is 2. The fourth-order valence-electron chi connectivity index (χ4n) is 1.75. The Labute approximate surface area is 101 Å². The van der Waals surface area contributed by atoms with Crippen molar-refractivity contribution in [3.8, 4) is 0 Å². The molecular weight excluding hydrogens is 221 g/mol. The predicted molar refractivity (Wildman–Crippen MR) is 66.6 cm³/mol. The third-order valence-corrected chi connectivity index (χ3v) is 2.76. The van der Waals surface area contributed by atoms with E-state index >= 15 is 0 Å². The highest BCUT2D eigenvalue weighted by molar-refractivity contribution is 5.49. The van der Waals surface area contributed by atoms with Crippen molar-refractivity contribution in [2.75, 3.05) is 24.6 Å². The Bertz CT molecular complexity index is 355. The fraction of sp³-hybridized carbons (Fsp3) is 0.538. The molecule has 0 spiro atoms. The lowest BCUT2D eigenvalue weighted by atomic mass is 10.1. The molecule has 1 rings (SSSR count). The summed E-state index contributed by atoms with van der Waals surface area (Å²) in [5.41, 5.74) is 1.09. The maximum atomic E-state index is 13.9. The first-order chi connectivity index (χ1) is 8.10. The van der Waals surface area contributed by atoms with Gasteiger partial charge in [-0.05, 0) is 38.0 Å². The van der Waals surface area contributed by atoms with Crippen LogP contribution in [0.4, 0.5) is 10.1 Å². The first-order valence-corrected chi connectivity index (χ1v) is 5.93. The second-order valence-electron chi connectivity index (χ2n) is 4.04. The molecule has 0 aliphatic rings. The average molecular weight is 241 g/mol. The van der Waals surface area contributed by atoms with E-state index in [1.165, 1.54) is 6.07 Å². The van der Waals surface area contributed by atoms with E-state index in [0.717, 1.165) is 0 Å². The minimum Gasteiger partial charge on any atom is -0.396 e. The van der Waals surface area contributed by atoms with Crippen molar-refractivity contribution < 1.29 is 14.6 Å². The first kappa shape index (κ1) is 13.9. The van der Waals surface area contributed by atoms with Crippen molar-refractivity contribution in [3.05, 3.63) is 29.6 Å². The van der Waals surface area contributed by atoms with E-state index in [9.17, 15) is 9.50 Å². The number of halogens is 1. The highest BCUT2D eigenvalue weighted by Gasteiger charge is 2.11. The zero-order valence-electron chi connectivity index (χ0n) is 10.4. The van der Waals surface area contributed by atoms with E-state index in [1.54, 1.807) is 19.1 Å². The van der Waals surface area contributed by atoms with Gasteiger partial charge < -0.3 is 15.1 Å². The number of benzene rings is 1. The number of hydrogen-bond acceptors (Lipinski definition) is 3. The maximum Gasteiger partial charge on any atom is 0.146 e. The van der Waals surface area contributed by atoms with Gasteiger partial charge in [-0.2, -0.15) is 0 Å². The van der Waals surface area contributed by atoms with Gasteiger partial charge in [0.25, 0.3) is 0 Å². The lowest BCUT2D eigenvalue weighted by Crippen LogP contribution is -2.25. The van der Waals surface area contributed by atoms with Gasteiger partial charge in [-0.15, -0.1) is 0 Å². The number of rotatable bonds is 6. The van der Waals surface area contributed by atoms with E-state index in [-0.39, 0.29) is 12.4 Å². The molecule has 1 aromatic carbocycles. The third kappa shape index (κ3) is 3.68. The van der Waals surface area contributed by atoms with Crippen LogP contribution in [0, 0.1) is 5.82 Å². The molecule has 0 saturated heterocycles. The Morgan fingerprint density at radius 1 is 1.41 bits per heavy atom. The molecule has 0 bridgehead atoms. The van der Waals surface area contributed by atoms with Gasteiger partial charge in [0.2, 0.25) is 0 Å². The van der Waals surface area contributed by atoms with E-state index in [4.69, 9.17) is 5.11 Å². The first-order valence-electron chi connectivity index (χ1n) is 5.93. The topological polar surface area (TPSA) is 43.7 Å². The number of aliphatic hydroxyl groups is 2. The summed E-state index contributed by atoms with van der Waals surface area (Å²) in [5.74, 6) is -0.330. The summed E-state index contributed by atoms with van der Waals surface area (Å²) in [6, 6.07) is 4.77. The van der Waals surface area contributed by atoms with E-state index in [1.807, 2.05) is 11.8 Å². The molecule has 1 atom stereocenters. The zero-order chi connectivity index (χ0) is 12.8. The minimum atomic E-state index is -0.661. The normalized spacial score (nSPS) is 12.5.